The summed E-state index contributed by atoms with van der Waals surface area (Å²) in [6, 6.07) is 0. The predicted molar refractivity (Wildman–Crippen MR) is 27.4 cm³/mol. The zero-order valence-electron chi connectivity index (χ0n) is 9.99. The molecular formula is C4H9K3NaO5P. The van der Waals surface area contributed by atoms with Crippen molar-refractivity contribution in [1.29, 1.82) is 0 Å². The second kappa shape index (κ2) is 19.0. The van der Waals surface area contributed by atoms with E-state index in [1.54, 1.807) is 20.8 Å². The fraction of sp³-hybridized carbons (Fsp3) is 1.00. The van der Waals surface area contributed by atoms with Crippen molar-refractivity contribution in [1.82, 2.24) is 0 Å². The first-order chi connectivity index (χ1) is 4.00. The molecule has 0 saturated heterocycles. The molecule has 0 bridgehead atoms. The van der Waals surface area contributed by atoms with Crippen LogP contribution in [0.4, 0.5) is 0 Å². The third-order valence-corrected chi connectivity index (χ3v) is 0. The molecule has 0 fully saturated rings. The minimum absolute atomic E-state index is 0. The van der Waals surface area contributed by atoms with Crippen molar-refractivity contribution in [2.45, 2.75) is 26.4 Å². The Labute approximate surface area is 235 Å². The van der Waals surface area contributed by atoms with Crippen molar-refractivity contribution < 1.29 is 208 Å². The summed E-state index contributed by atoms with van der Waals surface area (Å²) < 4.78 is 8.55. The monoisotopic (exact) mass is 308 g/mol. The Morgan fingerprint density at radius 2 is 0.929 bits per heavy atom. The van der Waals surface area contributed by atoms with E-state index in [0.717, 1.165) is 0 Å². The van der Waals surface area contributed by atoms with Gasteiger partial charge in [-0.05, 0) is 0 Å². The van der Waals surface area contributed by atoms with Crippen molar-refractivity contribution in [3.63, 3.8) is 0 Å². The van der Waals surface area contributed by atoms with E-state index in [-0.39, 0.29) is 184 Å². The summed E-state index contributed by atoms with van der Waals surface area (Å²) in [5, 5.41) is 10.1. The van der Waals surface area contributed by atoms with Gasteiger partial charge in [-0.3, -0.25) is 0 Å². The molecule has 0 unspecified atom stereocenters. The first kappa shape index (κ1) is 36.8. The molecule has 0 aliphatic carbocycles. The summed E-state index contributed by atoms with van der Waals surface area (Å²) in [6.07, 6.45) is 0. The molecule has 14 heavy (non-hydrogen) atoms. The number of hydrogen-bond donors (Lipinski definition) is 0. The van der Waals surface area contributed by atoms with Crippen molar-refractivity contribution >= 4 is 7.82 Å². The van der Waals surface area contributed by atoms with Gasteiger partial charge in [0.2, 0.25) is 0 Å². The maximum absolute atomic E-state index is 10.1. The van der Waals surface area contributed by atoms with Crippen LogP contribution in [0.1, 0.15) is 20.8 Å². The zero-order valence-corrected chi connectivity index (χ0v) is 22.3. The van der Waals surface area contributed by atoms with Crippen molar-refractivity contribution in [2.24, 2.45) is 0 Å². The Balaban J connectivity index is -0.0000000178. The van der Waals surface area contributed by atoms with Gasteiger partial charge >= 0.3 is 184 Å². The van der Waals surface area contributed by atoms with Crippen LogP contribution in [-0.4, -0.2) is 5.60 Å². The Morgan fingerprint density at radius 3 is 0.929 bits per heavy atom. The predicted octanol–water partition coefficient (Wildman–Crippen LogP) is -14.7. The Bertz CT molecular complexity index is 121. The molecule has 0 aliphatic heterocycles. The van der Waals surface area contributed by atoms with Crippen LogP contribution >= 0.6 is 7.82 Å². The molecule has 0 atom stereocenters. The van der Waals surface area contributed by atoms with E-state index >= 15 is 0 Å². The summed E-state index contributed by atoms with van der Waals surface area (Å²) >= 11 is 0. The molecule has 0 amide bonds. The van der Waals surface area contributed by atoms with Crippen LogP contribution in [0, 0.1) is 0 Å². The van der Waals surface area contributed by atoms with Gasteiger partial charge in [0.15, 0.2) is 0 Å². The Hall–Kier alpha value is 5.98. The van der Waals surface area contributed by atoms with Crippen molar-refractivity contribution in [2.75, 3.05) is 0 Å². The minimum Gasteiger partial charge on any atom is -0.850 e. The van der Waals surface area contributed by atoms with Crippen LogP contribution in [0.2, 0.25) is 0 Å². The number of rotatable bonds is 0. The molecule has 0 aromatic heterocycles. The van der Waals surface area contributed by atoms with Crippen LogP contribution in [0.15, 0.2) is 0 Å². The van der Waals surface area contributed by atoms with Crippen molar-refractivity contribution in [3.8, 4) is 0 Å². The normalized spacial score (nSPS) is 8.50. The van der Waals surface area contributed by atoms with Gasteiger partial charge < -0.3 is 24.4 Å². The third kappa shape index (κ3) is 145. The smallest absolute Gasteiger partial charge is 0.850 e. The summed E-state index contributed by atoms with van der Waals surface area (Å²) in [5.74, 6) is 0. The SMILES string of the molecule is CC(C)(C)[O-].O=P([O-])([O-])[O-].[K+].[K+].[K+].[Na+]. The van der Waals surface area contributed by atoms with Crippen LogP contribution in [0.25, 0.3) is 0 Å². The zero-order chi connectivity index (χ0) is 9.00. The molecular weight excluding hydrogens is 299 g/mol. The molecule has 0 saturated carbocycles. The maximum Gasteiger partial charge on any atom is 1.00 e. The molecule has 0 N–H and O–H groups in total. The standard InChI is InChI=1S/C4H9O.3K.Na.H3O4P/c1-4(2,3)5;;;;;1-5(2,3)4/h1-3H3;;;;;(H3,1,2,3,4)/q-1;4*+1;/p-3. The van der Waals surface area contributed by atoms with E-state index < -0.39 is 13.4 Å². The van der Waals surface area contributed by atoms with Gasteiger partial charge in [-0.2, -0.15) is 7.82 Å². The van der Waals surface area contributed by atoms with Gasteiger partial charge in [0, 0.05) is 0 Å². The molecule has 10 heteroatoms. The fourth-order valence-electron chi connectivity index (χ4n) is 0. The summed E-state index contributed by atoms with van der Waals surface area (Å²) in [6.45, 7) is 4.90. The summed E-state index contributed by atoms with van der Waals surface area (Å²) in [5.41, 5.74) is -0.750. The topological polar surface area (TPSA) is 109 Å². The van der Waals surface area contributed by atoms with E-state index in [2.05, 4.69) is 0 Å². The fourth-order valence-corrected chi connectivity index (χ4v) is 0. The number of hydrogen-bond acceptors (Lipinski definition) is 5. The molecule has 0 aliphatic rings. The minimum atomic E-state index is -5.39. The van der Waals surface area contributed by atoms with E-state index in [1.165, 1.54) is 0 Å². The van der Waals surface area contributed by atoms with Gasteiger partial charge in [0.25, 0.3) is 0 Å². The van der Waals surface area contributed by atoms with Gasteiger partial charge in [-0.1, -0.05) is 20.8 Å². The van der Waals surface area contributed by atoms with Gasteiger partial charge in [0.1, 0.15) is 0 Å². The van der Waals surface area contributed by atoms with Crippen LogP contribution in [-0.2, 0) is 4.57 Å². The molecule has 64 valence electrons. The third-order valence-electron chi connectivity index (χ3n) is 0. The van der Waals surface area contributed by atoms with Crippen LogP contribution in [0.5, 0.6) is 0 Å². The van der Waals surface area contributed by atoms with Gasteiger partial charge in [-0.25, -0.2) is 0 Å². The first-order valence-electron chi connectivity index (χ1n) is 2.43. The molecule has 5 nitrogen and oxygen atoms in total. The molecule has 0 heterocycles. The van der Waals surface area contributed by atoms with E-state index in [4.69, 9.17) is 19.2 Å². The second-order valence-electron chi connectivity index (χ2n) is 2.56. The molecule has 0 aromatic rings. The molecule has 0 spiro atoms. The number of phosphoric acid groups is 1. The van der Waals surface area contributed by atoms with E-state index in [1.807, 2.05) is 0 Å². The van der Waals surface area contributed by atoms with Gasteiger partial charge in [0.05, 0.1) is 0 Å². The summed E-state index contributed by atoms with van der Waals surface area (Å²) in [4.78, 5) is 25.6. The maximum atomic E-state index is 10.1. The van der Waals surface area contributed by atoms with Crippen LogP contribution < -0.4 is 203 Å². The molecule has 0 rings (SSSR count). The summed E-state index contributed by atoms with van der Waals surface area (Å²) in [7, 11) is -5.39. The Kier molecular flexibility index (Phi) is 49.9. The van der Waals surface area contributed by atoms with Crippen molar-refractivity contribution in [3.05, 3.63) is 0 Å². The second-order valence-corrected chi connectivity index (χ2v) is 3.45. The average Bonchev–Trinajstić information content (AvgIpc) is 1.12. The van der Waals surface area contributed by atoms with E-state index in [9.17, 15) is 5.11 Å². The Morgan fingerprint density at radius 1 is 0.929 bits per heavy atom. The average molecular weight is 308 g/mol. The largest absolute Gasteiger partial charge is 1.00 e. The quantitative estimate of drug-likeness (QED) is 0.326. The molecule has 0 aromatic carbocycles. The van der Waals surface area contributed by atoms with Gasteiger partial charge in [-0.15, -0.1) is 5.60 Å². The van der Waals surface area contributed by atoms with Crippen LogP contribution in [0.3, 0.4) is 0 Å². The first-order valence-corrected chi connectivity index (χ1v) is 3.90. The van der Waals surface area contributed by atoms with E-state index in [0.29, 0.717) is 0 Å². The molecule has 0 radical (unpaired) electrons.